The van der Waals surface area contributed by atoms with E-state index in [1.54, 1.807) is 7.11 Å². The van der Waals surface area contributed by atoms with Gasteiger partial charge in [-0.05, 0) is 55.3 Å². The quantitative estimate of drug-likeness (QED) is 0.829. The molecule has 28 heavy (non-hydrogen) atoms. The predicted molar refractivity (Wildman–Crippen MR) is 106 cm³/mol. The zero-order valence-corrected chi connectivity index (χ0v) is 16.1. The Morgan fingerprint density at radius 1 is 1.04 bits per heavy atom. The van der Waals surface area contributed by atoms with Crippen molar-refractivity contribution in [2.75, 3.05) is 38.3 Å². The largest absolute Gasteiger partial charge is 0.497 e. The highest BCUT2D eigenvalue weighted by atomic mass is 16.6. The van der Waals surface area contributed by atoms with Crippen LogP contribution in [-0.2, 0) is 5.72 Å². The van der Waals surface area contributed by atoms with Crippen LogP contribution in [0.1, 0.15) is 24.8 Å². The zero-order chi connectivity index (χ0) is 19.1. The summed E-state index contributed by atoms with van der Waals surface area (Å²) < 4.78 is 18.8. The maximum atomic E-state index is 11.8. The number of nitrogens with zero attached hydrogens (tertiary/aromatic N) is 2. The highest BCUT2D eigenvalue weighted by Gasteiger charge is 2.52. The Morgan fingerprint density at radius 3 is 2.61 bits per heavy atom. The molecule has 0 radical (unpaired) electrons. The molecule has 0 fully saturated rings. The summed E-state index contributed by atoms with van der Waals surface area (Å²) in [6, 6.07) is 13.8. The van der Waals surface area contributed by atoms with Crippen molar-refractivity contribution in [1.29, 1.82) is 0 Å². The highest BCUT2D eigenvalue weighted by molar-refractivity contribution is 5.96. The molecule has 1 N–H and O–H groups in total. The molecule has 146 valence electrons. The van der Waals surface area contributed by atoms with Crippen molar-refractivity contribution in [3.63, 3.8) is 0 Å². The average molecular weight is 381 g/mol. The maximum Gasteiger partial charge on any atom is 0.271 e. The van der Waals surface area contributed by atoms with Crippen LogP contribution in [0, 0.1) is 0 Å². The van der Waals surface area contributed by atoms with Gasteiger partial charge in [-0.2, -0.15) is 0 Å². The Bertz CT molecular complexity index is 925. The van der Waals surface area contributed by atoms with Gasteiger partial charge in [0.2, 0.25) is 0 Å². The predicted octanol–water partition coefficient (Wildman–Crippen LogP) is 2.73. The smallest absolute Gasteiger partial charge is 0.271 e. The van der Waals surface area contributed by atoms with Crippen LogP contribution in [0.25, 0.3) is 0 Å². The van der Waals surface area contributed by atoms with Crippen LogP contribution in [0.4, 0.5) is 5.69 Å². The Balaban J connectivity index is 1.55. The molecule has 2 aromatic carbocycles. The minimum atomic E-state index is -1.09. The lowest BCUT2D eigenvalue weighted by Crippen LogP contribution is -2.41. The number of anilines is 1. The first-order valence-corrected chi connectivity index (χ1v) is 9.86. The van der Waals surface area contributed by atoms with Crippen LogP contribution >= 0.6 is 0 Å². The number of fused-ring (bicyclic) bond motifs is 1. The minimum absolute atomic E-state index is 0.480. The number of aliphatic hydroxyl groups is 1. The van der Waals surface area contributed by atoms with Crippen LogP contribution in [0.2, 0.25) is 0 Å². The highest BCUT2D eigenvalue weighted by Crippen LogP contribution is 2.40. The lowest BCUT2D eigenvalue weighted by molar-refractivity contribution is -0.661. The van der Waals surface area contributed by atoms with Crippen molar-refractivity contribution in [2.45, 2.75) is 25.0 Å². The summed E-state index contributed by atoms with van der Waals surface area (Å²) in [4.78, 5) is 2.23. The summed E-state index contributed by atoms with van der Waals surface area (Å²) in [5, 5.41) is 11.8. The van der Waals surface area contributed by atoms with Crippen LogP contribution in [0.15, 0.2) is 42.5 Å². The lowest BCUT2D eigenvalue weighted by atomic mass is 10.0. The molecule has 2 aromatic rings. The summed E-state index contributed by atoms with van der Waals surface area (Å²) in [5.74, 6) is 3.45. The van der Waals surface area contributed by atoms with Crippen molar-refractivity contribution >= 4 is 11.5 Å². The summed E-state index contributed by atoms with van der Waals surface area (Å²) in [6.45, 7) is 2.42. The Kier molecular flexibility index (Phi) is 4.16. The fraction of sp³-hybridized carbons (Fsp3) is 0.409. The summed E-state index contributed by atoms with van der Waals surface area (Å²) >= 11 is 0. The zero-order valence-electron chi connectivity index (χ0n) is 16.1. The summed E-state index contributed by atoms with van der Waals surface area (Å²) in [7, 11) is 1.67. The van der Waals surface area contributed by atoms with Crippen LogP contribution in [-0.4, -0.2) is 48.9 Å². The molecule has 0 saturated carbocycles. The number of ether oxygens (including phenoxy) is 3. The molecule has 0 bridgehead atoms. The first kappa shape index (κ1) is 17.4. The molecule has 0 aliphatic carbocycles. The first-order chi connectivity index (χ1) is 13.7. The molecule has 0 aromatic heterocycles. The standard InChI is InChI=1S/C22H25N2O4/c1-26-18-8-6-17(7-9-18)23-15-22(25,24-11-3-2-4-21(23)24)16-5-10-19-20(14-16)28-13-12-27-19/h5-10,14,25H,2-4,11-13,15H2,1H3/q+1/t22-/m0/s1. The minimum Gasteiger partial charge on any atom is -0.497 e. The van der Waals surface area contributed by atoms with Gasteiger partial charge in [-0.1, -0.05) is 0 Å². The van der Waals surface area contributed by atoms with Crippen molar-refractivity contribution in [1.82, 2.24) is 0 Å². The van der Waals surface area contributed by atoms with Crippen molar-refractivity contribution < 1.29 is 23.9 Å². The fourth-order valence-electron chi connectivity index (χ4n) is 4.44. The van der Waals surface area contributed by atoms with Crippen LogP contribution < -0.4 is 19.1 Å². The molecule has 6 nitrogen and oxygen atoms in total. The van der Waals surface area contributed by atoms with Gasteiger partial charge in [0.15, 0.2) is 18.0 Å². The second-order valence-electron chi connectivity index (χ2n) is 7.48. The van der Waals surface area contributed by atoms with E-state index in [4.69, 9.17) is 14.2 Å². The van der Waals surface area contributed by atoms with E-state index in [2.05, 4.69) is 9.48 Å². The second-order valence-corrected chi connectivity index (χ2v) is 7.48. The van der Waals surface area contributed by atoms with E-state index in [9.17, 15) is 5.11 Å². The van der Waals surface area contributed by atoms with E-state index in [-0.39, 0.29) is 0 Å². The monoisotopic (exact) mass is 381 g/mol. The molecule has 0 saturated heterocycles. The molecule has 3 heterocycles. The van der Waals surface area contributed by atoms with Gasteiger partial charge in [0.1, 0.15) is 24.7 Å². The van der Waals surface area contributed by atoms with E-state index < -0.39 is 5.72 Å². The molecule has 5 rings (SSSR count). The first-order valence-electron chi connectivity index (χ1n) is 9.86. The van der Waals surface area contributed by atoms with Crippen LogP contribution in [0.3, 0.4) is 0 Å². The number of β-amino-alcohol motifs (C(OH)–C–C–N with tert-alkyl or cyclic N) is 1. The van der Waals surface area contributed by atoms with E-state index in [0.29, 0.717) is 25.5 Å². The van der Waals surface area contributed by atoms with Gasteiger partial charge in [0, 0.05) is 12.0 Å². The topological polar surface area (TPSA) is 54.2 Å². The number of amidine groups is 1. The van der Waals surface area contributed by atoms with Gasteiger partial charge < -0.3 is 19.3 Å². The molecule has 3 aliphatic heterocycles. The van der Waals surface area contributed by atoms with Gasteiger partial charge in [0.05, 0.1) is 13.7 Å². The Hall–Kier alpha value is -2.73. The SMILES string of the molecule is COc1ccc(N2C[C@](O)(c3ccc4c(c3)OCCO4)[N+]3=C2CCCC3)cc1. The third kappa shape index (κ3) is 2.71. The lowest BCUT2D eigenvalue weighted by Gasteiger charge is -2.26. The third-order valence-corrected chi connectivity index (χ3v) is 5.87. The third-order valence-electron chi connectivity index (χ3n) is 5.87. The number of methoxy groups -OCH3 is 1. The van der Waals surface area contributed by atoms with E-state index >= 15 is 0 Å². The van der Waals surface area contributed by atoms with Gasteiger partial charge in [-0.25, -0.2) is 9.48 Å². The molecule has 6 heteroatoms. The molecule has 1 atom stereocenters. The number of rotatable bonds is 3. The van der Waals surface area contributed by atoms with Gasteiger partial charge in [-0.15, -0.1) is 0 Å². The summed E-state index contributed by atoms with van der Waals surface area (Å²) in [6.07, 6.45) is 3.17. The van der Waals surface area contributed by atoms with Crippen molar-refractivity contribution in [3.05, 3.63) is 48.0 Å². The van der Waals surface area contributed by atoms with Crippen LogP contribution in [0.5, 0.6) is 17.2 Å². The molecule has 0 spiro atoms. The van der Waals surface area contributed by atoms with Gasteiger partial charge in [0.25, 0.3) is 11.6 Å². The van der Waals surface area contributed by atoms with E-state index in [0.717, 1.165) is 48.6 Å². The molecule has 0 amide bonds. The van der Waals surface area contributed by atoms with Gasteiger partial charge in [-0.3, -0.25) is 0 Å². The Morgan fingerprint density at radius 2 is 1.82 bits per heavy atom. The van der Waals surface area contributed by atoms with Gasteiger partial charge >= 0.3 is 0 Å². The maximum absolute atomic E-state index is 11.8. The number of hydrogen-bond donors (Lipinski definition) is 1. The van der Waals surface area contributed by atoms with Crippen molar-refractivity contribution in [3.8, 4) is 17.2 Å². The molecule has 3 aliphatic rings. The second kappa shape index (κ2) is 6.71. The molecular formula is C22H25N2O4+. The van der Waals surface area contributed by atoms with E-state index in [1.165, 1.54) is 5.84 Å². The van der Waals surface area contributed by atoms with Crippen molar-refractivity contribution in [2.24, 2.45) is 0 Å². The Labute approximate surface area is 164 Å². The molecular weight excluding hydrogens is 356 g/mol. The van der Waals surface area contributed by atoms with E-state index in [1.807, 2.05) is 42.5 Å². The molecule has 0 unspecified atom stereocenters. The summed E-state index contributed by atoms with van der Waals surface area (Å²) in [5.41, 5.74) is 0.814. The average Bonchev–Trinajstić information content (AvgIpc) is 3.08. The number of benzene rings is 2. The normalized spacial score (nSPS) is 23.6. The number of hydrogen-bond acceptors (Lipinski definition) is 5. The fourth-order valence-corrected chi connectivity index (χ4v) is 4.44.